The van der Waals surface area contributed by atoms with Crippen molar-refractivity contribution >= 4 is 39.0 Å². The highest BCUT2D eigenvalue weighted by atomic mass is 79.9. The highest BCUT2D eigenvalue weighted by Gasteiger charge is 2.26. The summed E-state index contributed by atoms with van der Waals surface area (Å²) in [4.78, 5) is 17.7. The van der Waals surface area contributed by atoms with Crippen LogP contribution in [0.15, 0.2) is 88.4 Å². The highest BCUT2D eigenvalue weighted by molar-refractivity contribution is 9.10. The van der Waals surface area contributed by atoms with Crippen LogP contribution in [-0.4, -0.2) is 17.1 Å². The summed E-state index contributed by atoms with van der Waals surface area (Å²) in [6.45, 7) is 0.434. The fraction of sp³-hybridized carbons (Fsp3) is 0.148. The SMILES string of the molecule is O=C(N/N=C\c1ccccc1OCc1cccc(Br)c1)c1cc(C2CC2)nc2ccccc12. The topological polar surface area (TPSA) is 63.6 Å². The minimum Gasteiger partial charge on any atom is -0.488 e. The van der Waals surface area contributed by atoms with Gasteiger partial charge in [-0.3, -0.25) is 9.78 Å². The summed E-state index contributed by atoms with van der Waals surface area (Å²) in [5, 5.41) is 5.04. The third-order valence-electron chi connectivity index (χ3n) is 5.55. The maximum atomic E-state index is 13.0. The van der Waals surface area contributed by atoms with Crippen molar-refractivity contribution in [3.05, 3.63) is 106 Å². The van der Waals surface area contributed by atoms with Crippen molar-refractivity contribution < 1.29 is 9.53 Å². The van der Waals surface area contributed by atoms with E-state index in [2.05, 4.69) is 26.5 Å². The van der Waals surface area contributed by atoms with Gasteiger partial charge in [-0.1, -0.05) is 58.4 Å². The predicted octanol–water partition coefficient (Wildman–Crippen LogP) is 6.22. The molecule has 0 bridgehead atoms. The Morgan fingerprint density at radius 3 is 2.73 bits per heavy atom. The van der Waals surface area contributed by atoms with Gasteiger partial charge in [0.15, 0.2) is 0 Å². The zero-order chi connectivity index (χ0) is 22.6. The van der Waals surface area contributed by atoms with Crippen LogP contribution in [0.25, 0.3) is 10.9 Å². The molecule has 1 N–H and O–H groups in total. The molecule has 1 heterocycles. The van der Waals surface area contributed by atoms with Crippen molar-refractivity contribution in [1.29, 1.82) is 0 Å². The second-order valence-corrected chi connectivity index (χ2v) is 8.96. The molecule has 1 amide bonds. The number of pyridine rings is 1. The molecule has 3 aromatic carbocycles. The molecule has 0 unspecified atom stereocenters. The highest BCUT2D eigenvalue weighted by Crippen LogP contribution is 2.40. The lowest BCUT2D eigenvalue weighted by molar-refractivity contribution is 0.0956. The first-order chi connectivity index (χ1) is 16.2. The minimum absolute atomic E-state index is 0.251. The van der Waals surface area contributed by atoms with E-state index in [0.717, 1.165) is 45.0 Å². The van der Waals surface area contributed by atoms with E-state index in [4.69, 9.17) is 9.72 Å². The number of nitrogens with one attached hydrogen (secondary N) is 1. The Balaban J connectivity index is 1.32. The molecule has 33 heavy (non-hydrogen) atoms. The molecular weight excluding hydrogens is 478 g/mol. The van der Waals surface area contributed by atoms with Gasteiger partial charge in [-0.05, 0) is 54.8 Å². The van der Waals surface area contributed by atoms with Gasteiger partial charge in [0.05, 0.1) is 17.3 Å². The lowest BCUT2D eigenvalue weighted by Gasteiger charge is -2.10. The van der Waals surface area contributed by atoms with Gasteiger partial charge in [0.1, 0.15) is 12.4 Å². The predicted molar refractivity (Wildman–Crippen MR) is 134 cm³/mol. The summed E-state index contributed by atoms with van der Waals surface area (Å²) < 4.78 is 7.00. The van der Waals surface area contributed by atoms with Crippen LogP contribution in [0.1, 0.15) is 45.9 Å². The molecule has 1 aromatic heterocycles. The quantitative estimate of drug-likeness (QED) is 0.242. The van der Waals surface area contributed by atoms with Crippen molar-refractivity contribution in [2.75, 3.05) is 0 Å². The van der Waals surface area contributed by atoms with Gasteiger partial charge in [-0.15, -0.1) is 0 Å². The maximum absolute atomic E-state index is 13.0. The first kappa shape index (κ1) is 21.3. The fourth-order valence-electron chi connectivity index (χ4n) is 3.70. The largest absolute Gasteiger partial charge is 0.488 e. The van der Waals surface area contributed by atoms with Crippen molar-refractivity contribution in [2.24, 2.45) is 5.10 Å². The standard InChI is InChI=1S/C27H22BrN3O2/c28-21-8-5-6-18(14-21)17-33-26-11-4-1-7-20(26)16-29-31-27(32)23-15-25(19-12-13-19)30-24-10-3-2-9-22(23)24/h1-11,14-16,19H,12-13,17H2,(H,31,32)/b29-16-. The molecule has 5 nitrogen and oxygen atoms in total. The third kappa shape index (κ3) is 5.12. The Hall–Kier alpha value is -3.51. The van der Waals surface area contributed by atoms with E-state index in [9.17, 15) is 4.79 Å². The molecule has 4 aromatic rings. The van der Waals surface area contributed by atoms with E-state index in [1.54, 1.807) is 6.21 Å². The van der Waals surface area contributed by atoms with Gasteiger partial charge in [0.25, 0.3) is 5.91 Å². The number of carbonyl (C=O) groups is 1. The van der Waals surface area contributed by atoms with Crippen molar-refractivity contribution in [1.82, 2.24) is 10.4 Å². The molecule has 0 spiro atoms. The van der Waals surface area contributed by atoms with Gasteiger partial charge < -0.3 is 4.74 Å². The summed E-state index contributed by atoms with van der Waals surface area (Å²) in [6.07, 6.45) is 3.86. The van der Waals surface area contributed by atoms with Crippen LogP contribution < -0.4 is 10.2 Å². The smallest absolute Gasteiger partial charge is 0.272 e. The Morgan fingerprint density at radius 2 is 1.88 bits per heavy atom. The van der Waals surface area contributed by atoms with E-state index in [1.807, 2.05) is 78.9 Å². The van der Waals surface area contributed by atoms with Crippen molar-refractivity contribution in [3.8, 4) is 5.75 Å². The number of benzene rings is 3. The van der Waals surface area contributed by atoms with E-state index < -0.39 is 0 Å². The Kier molecular flexibility index (Phi) is 6.17. The van der Waals surface area contributed by atoms with Crippen LogP contribution in [0.5, 0.6) is 5.75 Å². The normalized spacial score (nSPS) is 13.4. The summed E-state index contributed by atoms with van der Waals surface area (Å²) in [6, 6.07) is 25.2. The van der Waals surface area contributed by atoms with Gasteiger partial charge in [-0.25, -0.2) is 5.43 Å². The number of halogens is 1. The summed E-state index contributed by atoms with van der Waals surface area (Å²) >= 11 is 3.48. The van der Waals surface area contributed by atoms with E-state index >= 15 is 0 Å². The monoisotopic (exact) mass is 499 g/mol. The van der Waals surface area contributed by atoms with Crippen LogP contribution in [0, 0.1) is 0 Å². The first-order valence-corrected chi connectivity index (χ1v) is 11.7. The second kappa shape index (κ2) is 9.55. The second-order valence-electron chi connectivity index (χ2n) is 8.04. The number of hydrazone groups is 1. The van der Waals surface area contributed by atoms with Gasteiger partial charge >= 0.3 is 0 Å². The number of rotatable bonds is 7. The van der Waals surface area contributed by atoms with E-state index in [1.165, 1.54) is 0 Å². The van der Waals surface area contributed by atoms with Crippen molar-refractivity contribution in [2.45, 2.75) is 25.4 Å². The van der Waals surface area contributed by atoms with Gasteiger partial charge in [-0.2, -0.15) is 5.10 Å². The molecular formula is C27H22BrN3O2. The minimum atomic E-state index is -0.251. The van der Waals surface area contributed by atoms with Crippen LogP contribution in [0.3, 0.4) is 0 Å². The number of fused-ring (bicyclic) bond motifs is 1. The molecule has 6 heteroatoms. The number of aromatic nitrogens is 1. The lowest BCUT2D eigenvalue weighted by Crippen LogP contribution is -2.18. The number of hydrogen-bond acceptors (Lipinski definition) is 4. The first-order valence-electron chi connectivity index (χ1n) is 10.9. The average molecular weight is 500 g/mol. The van der Waals surface area contributed by atoms with Crippen LogP contribution in [-0.2, 0) is 6.61 Å². The zero-order valence-corrected chi connectivity index (χ0v) is 19.5. The van der Waals surface area contributed by atoms with Crippen LogP contribution in [0.2, 0.25) is 0 Å². The summed E-state index contributed by atoms with van der Waals surface area (Å²) in [7, 11) is 0. The molecule has 1 fully saturated rings. The number of hydrogen-bond donors (Lipinski definition) is 1. The van der Waals surface area contributed by atoms with Crippen molar-refractivity contribution in [3.63, 3.8) is 0 Å². The molecule has 1 saturated carbocycles. The summed E-state index contributed by atoms with van der Waals surface area (Å²) in [5.41, 5.74) is 6.93. The molecule has 0 saturated heterocycles. The molecule has 164 valence electrons. The molecule has 5 rings (SSSR count). The zero-order valence-electron chi connectivity index (χ0n) is 17.9. The maximum Gasteiger partial charge on any atom is 0.272 e. The molecule has 0 atom stereocenters. The van der Waals surface area contributed by atoms with Crippen LogP contribution in [0.4, 0.5) is 0 Å². The summed E-state index contributed by atoms with van der Waals surface area (Å²) in [5.74, 6) is 0.902. The number of amides is 1. The molecule has 1 aliphatic carbocycles. The Labute approximate surface area is 200 Å². The number of ether oxygens (including phenoxy) is 1. The average Bonchev–Trinajstić information content (AvgIpc) is 3.68. The van der Waals surface area contributed by atoms with Gasteiger partial charge in [0.2, 0.25) is 0 Å². The fourth-order valence-corrected chi connectivity index (χ4v) is 4.15. The van der Waals surface area contributed by atoms with Crippen LogP contribution >= 0.6 is 15.9 Å². The Bertz CT molecular complexity index is 1350. The molecule has 0 aliphatic heterocycles. The van der Waals surface area contributed by atoms with Gasteiger partial charge in [0, 0.05) is 27.0 Å². The number of para-hydroxylation sites is 2. The number of carbonyl (C=O) groups excluding carboxylic acids is 1. The van der Waals surface area contributed by atoms with E-state index in [-0.39, 0.29) is 5.91 Å². The molecule has 0 radical (unpaired) electrons. The Morgan fingerprint density at radius 1 is 1.06 bits per heavy atom. The third-order valence-corrected chi connectivity index (χ3v) is 6.04. The molecule has 1 aliphatic rings. The lowest BCUT2D eigenvalue weighted by atomic mass is 10.1. The number of nitrogens with zero attached hydrogens (tertiary/aromatic N) is 2. The van der Waals surface area contributed by atoms with E-state index in [0.29, 0.717) is 23.8 Å².